The number of hydrogen-bond acceptors (Lipinski definition) is 0. The highest BCUT2D eigenvalue weighted by Gasteiger charge is 2.56. The molecule has 0 spiro atoms. The van der Waals surface area contributed by atoms with E-state index in [9.17, 15) is 0 Å². The van der Waals surface area contributed by atoms with Crippen LogP contribution in [0.5, 0.6) is 0 Å². The van der Waals surface area contributed by atoms with Crippen molar-refractivity contribution < 1.29 is 0 Å². The minimum absolute atomic E-state index is 0.200. The molecule has 0 saturated carbocycles. The molecule has 1 heteroatoms. The molecule has 1 atom stereocenters. The molecule has 1 aliphatic rings. The third kappa shape index (κ3) is 6.83. The molecule has 1 unspecified atom stereocenters. The van der Waals surface area contributed by atoms with Crippen molar-refractivity contribution in [3.05, 3.63) is 218 Å². The predicted octanol–water partition coefficient (Wildman–Crippen LogP) is 10.9. The zero-order valence-corrected chi connectivity index (χ0v) is 33.1. The molecule has 0 nitrogen and oxygen atoms in total. The molecule has 7 rings (SSSR count). The Morgan fingerprint density at radius 2 is 0.731 bits per heavy atom. The fourth-order valence-corrected chi connectivity index (χ4v) is 15.7. The van der Waals surface area contributed by atoms with Crippen molar-refractivity contribution in [2.75, 3.05) is 0 Å². The van der Waals surface area contributed by atoms with Crippen LogP contribution in [0.3, 0.4) is 0 Å². The van der Waals surface area contributed by atoms with Gasteiger partial charge in [0.25, 0.3) is 0 Å². The number of benzene rings is 6. The lowest BCUT2D eigenvalue weighted by atomic mass is 10.0. The number of hydrogen-bond donors (Lipinski definition) is 0. The van der Waals surface area contributed by atoms with E-state index in [4.69, 9.17) is 0 Å². The van der Waals surface area contributed by atoms with Crippen LogP contribution in [0.25, 0.3) is 0 Å². The second kappa shape index (κ2) is 14.6. The Hall–Kier alpha value is -4.98. The van der Waals surface area contributed by atoms with E-state index >= 15 is 0 Å². The predicted molar refractivity (Wildman–Crippen MR) is 226 cm³/mol. The molecule has 0 aliphatic heterocycles. The van der Waals surface area contributed by atoms with Gasteiger partial charge < -0.3 is 0 Å². The van der Waals surface area contributed by atoms with Crippen molar-refractivity contribution in [1.82, 2.24) is 0 Å². The third-order valence-electron chi connectivity index (χ3n) is 11.7. The lowest BCUT2D eigenvalue weighted by Crippen LogP contribution is -2.73. The monoisotopic (exact) mass is 692 g/mol. The molecule has 52 heavy (non-hydrogen) atoms. The second-order valence-electron chi connectivity index (χ2n) is 15.6. The molecule has 1 aliphatic carbocycles. The Bertz CT molecular complexity index is 2050. The van der Waals surface area contributed by atoms with Crippen LogP contribution in [0, 0.1) is 20.8 Å². The van der Waals surface area contributed by atoms with Gasteiger partial charge in [-0.15, -0.1) is 0 Å². The smallest absolute Gasteiger partial charge is 0.0730 e. The molecule has 0 N–H and O–H groups in total. The van der Waals surface area contributed by atoms with Gasteiger partial charge in [0, 0.05) is 5.04 Å². The van der Waals surface area contributed by atoms with Gasteiger partial charge in [-0.1, -0.05) is 186 Å². The molecule has 0 aromatic heterocycles. The first-order chi connectivity index (χ1) is 25.0. The first-order valence-corrected chi connectivity index (χ1v) is 20.9. The van der Waals surface area contributed by atoms with Crippen LogP contribution in [0.15, 0.2) is 168 Å². The lowest BCUT2D eigenvalue weighted by Gasteiger charge is -2.48. The summed E-state index contributed by atoms with van der Waals surface area (Å²) in [5, 5.41) is 4.28. The van der Waals surface area contributed by atoms with Crippen LogP contribution >= 0.6 is 0 Å². The Kier molecular flexibility index (Phi) is 9.92. The fraction of sp³-hybridized carbons (Fsp3) is 0.216. The van der Waals surface area contributed by atoms with E-state index in [1.807, 2.05) is 0 Å². The normalized spacial score (nSPS) is 15.9. The second-order valence-corrected chi connectivity index (χ2v) is 19.9. The zero-order valence-electron chi connectivity index (χ0n) is 32.1. The van der Waals surface area contributed by atoms with Gasteiger partial charge in [0.1, 0.15) is 0 Å². The van der Waals surface area contributed by atoms with E-state index in [0.29, 0.717) is 0 Å². The van der Waals surface area contributed by atoms with Crippen molar-refractivity contribution in [1.29, 1.82) is 0 Å². The molecule has 0 heterocycles. The van der Waals surface area contributed by atoms with E-state index in [1.54, 1.807) is 0 Å². The number of rotatable bonds is 10. The van der Waals surface area contributed by atoms with E-state index < -0.39 is 8.07 Å². The quantitative estimate of drug-likeness (QED) is 0.0990. The number of aryl methyl sites for hydroxylation is 3. The van der Waals surface area contributed by atoms with Crippen LogP contribution in [0.2, 0.25) is 5.04 Å². The summed E-state index contributed by atoms with van der Waals surface area (Å²) >= 11 is 0. The first-order valence-electron chi connectivity index (χ1n) is 18.9. The molecule has 0 amide bonds. The van der Waals surface area contributed by atoms with Crippen molar-refractivity contribution in [3.63, 3.8) is 0 Å². The Morgan fingerprint density at radius 1 is 0.404 bits per heavy atom. The van der Waals surface area contributed by atoms with Gasteiger partial charge in [-0.05, 0) is 115 Å². The maximum absolute atomic E-state index is 2.94. The third-order valence-corrected chi connectivity index (χ3v) is 17.2. The van der Waals surface area contributed by atoms with E-state index in [-0.39, 0.29) is 5.04 Å². The first kappa shape index (κ1) is 35.4. The summed E-state index contributed by atoms with van der Waals surface area (Å²) in [7, 11) is -2.94. The van der Waals surface area contributed by atoms with Crippen molar-refractivity contribution >= 4 is 23.6 Å². The zero-order chi connectivity index (χ0) is 36.5. The molecule has 0 fully saturated rings. The molecular weight excluding hydrogens is 641 g/mol. The molecule has 6 aromatic rings. The number of allylic oxidation sites excluding steroid dienone is 4. The summed E-state index contributed by atoms with van der Waals surface area (Å²) in [5.74, 6) is 0. The Morgan fingerprint density at radius 3 is 1.02 bits per heavy atom. The summed E-state index contributed by atoms with van der Waals surface area (Å²) in [6.45, 7) is 16.6. The SMILES string of the molecule is CC1=CC(C)([Si](c2cc(C)cc(Cc3ccccc3)c2)(c2cc(C)cc(Cc3ccccc3)c2)c2cc(C)cc(Cc3ccccc3)c2)C(C)=C1C. The van der Waals surface area contributed by atoms with Gasteiger partial charge >= 0.3 is 0 Å². The van der Waals surface area contributed by atoms with Gasteiger partial charge in [-0.2, -0.15) is 0 Å². The maximum atomic E-state index is 2.65. The van der Waals surface area contributed by atoms with Crippen LogP contribution in [0.1, 0.15) is 77.8 Å². The molecule has 0 bridgehead atoms. The fourth-order valence-electron chi connectivity index (χ4n) is 9.16. The summed E-state index contributed by atoms with van der Waals surface area (Å²) in [4.78, 5) is 0. The highest BCUT2D eigenvalue weighted by Crippen LogP contribution is 2.53. The molecule has 0 radical (unpaired) electrons. The molecular formula is C51H52Si. The van der Waals surface area contributed by atoms with Crippen molar-refractivity contribution in [3.8, 4) is 0 Å². The van der Waals surface area contributed by atoms with Gasteiger partial charge in [0.05, 0.1) is 0 Å². The van der Waals surface area contributed by atoms with Crippen LogP contribution in [0.4, 0.5) is 0 Å². The summed E-state index contributed by atoms with van der Waals surface area (Å²) in [6, 6.07) is 55.6. The highest BCUT2D eigenvalue weighted by molar-refractivity contribution is 7.14. The van der Waals surface area contributed by atoms with E-state index in [2.05, 4.69) is 200 Å². The average Bonchev–Trinajstić information content (AvgIpc) is 3.31. The van der Waals surface area contributed by atoms with Crippen LogP contribution in [-0.2, 0) is 19.3 Å². The Balaban J connectivity index is 1.57. The molecule has 0 saturated heterocycles. The average molecular weight is 693 g/mol. The van der Waals surface area contributed by atoms with Gasteiger partial charge in [-0.25, -0.2) is 0 Å². The lowest BCUT2D eigenvalue weighted by molar-refractivity contribution is 0.869. The van der Waals surface area contributed by atoms with Gasteiger partial charge in [0.15, 0.2) is 8.07 Å². The summed E-state index contributed by atoms with van der Waals surface area (Å²) in [6.07, 6.45) is 5.40. The summed E-state index contributed by atoms with van der Waals surface area (Å²) in [5.41, 5.74) is 16.5. The van der Waals surface area contributed by atoms with E-state index in [0.717, 1.165) is 19.3 Å². The maximum Gasteiger partial charge on any atom is 0.161 e. The highest BCUT2D eigenvalue weighted by atomic mass is 28.3. The molecule has 260 valence electrons. The van der Waals surface area contributed by atoms with Gasteiger partial charge in [0.2, 0.25) is 0 Å². The van der Waals surface area contributed by atoms with Crippen LogP contribution < -0.4 is 15.6 Å². The summed E-state index contributed by atoms with van der Waals surface area (Å²) < 4.78 is 0. The standard InChI is InChI=1S/C51H52Si/c1-36-23-45(29-42-17-11-8-12-18-42)32-48(26-36)52(51(7)35-39(4)40(5)41(51)6,49-27-37(2)24-46(33-49)30-43-19-13-9-14-20-43)50-28-38(3)25-47(34-50)31-44-21-15-10-16-22-44/h8-28,32-35H,29-31H2,1-7H3. The largest absolute Gasteiger partial charge is 0.161 e. The minimum atomic E-state index is -2.94. The van der Waals surface area contributed by atoms with Crippen molar-refractivity contribution in [2.45, 2.75) is 72.8 Å². The van der Waals surface area contributed by atoms with E-state index in [1.165, 1.54) is 82.4 Å². The van der Waals surface area contributed by atoms with Gasteiger partial charge in [-0.3, -0.25) is 0 Å². The topological polar surface area (TPSA) is 0 Å². The molecule has 6 aromatic carbocycles. The van der Waals surface area contributed by atoms with Crippen molar-refractivity contribution in [2.24, 2.45) is 0 Å². The Labute approximate surface area is 313 Å². The van der Waals surface area contributed by atoms with Crippen LogP contribution in [-0.4, -0.2) is 8.07 Å². The minimum Gasteiger partial charge on any atom is -0.0730 e.